The molecule has 1 amide bonds. The molecule has 3 aromatic heterocycles. The number of nitrogens with zero attached hydrogens (tertiary/aromatic N) is 2. The van der Waals surface area contributed by atoms with Gasteiger partial charge in [0.05, 0.1) is 12.5 Å². The van der Waals surface area contributed by atoms with Gasteiger partial charge in [0.1, 0.15) is 17.3 Å². The molecule has 0 saturated carbocycles. The van der Waals surface area contributed by atoms with Crippen molar-refractivity contribution >= 4 is 12.0 Å². The van der Waals surface area contributed by atoms with Crippen LogP contribution in [0.5, 0.6) is 0 Å². The van der Waals surface area contributed by atoms with Crippen LogP contribution in [0.25, 0.3) is 17.5 Å². The van der Waals surface area contributed by atoms with Crippen molar-refractivity contribution in [3.8, 4) is 11.5 Å². The smallest absolute Gasteiger partial charge is 0.244 e. The van der Waals surface area contributed by atoms with Crippen molar-refractivity contribution in [2.24, 2.45) is 7.05 Å². The summed E-state index contributed by atoms with van der Waals surface area (Å²) < 4.78 is 12.4. The molecule has 6 heteroatoms. The molecule has 6 nitrogen and oxygen atoms in total. The minimum atomic E-state index is -0.165. The van der Waals surface area contributed by atoms with Crippen LogP contribution in [-0.2, 0) is 18.3 Å². The van der Waals surface area contributed by atoms with Crippen molar-refractivity contribution in [1.29, 1.82) is 0 Å². The number of nitrogens with one attached hydrogen (secondary N) is 1. The monoisotopic (exact) mass is 311 g/mol. The van der Waals surface area contributed by atoms with E-state index in [2.05, 4.69) is 10.3 Å². The van der Waals surface area contributed by atoms with Crippen LogP contribution in [-0.4, -0.2) is 22.0 Å². The number of aryl methyl sites for hydroxylation is 1. The zero-order chi connectivity index (χ0) is 16.1. The van der Waals surface area contributed by atoms with Gasteiger partial charge in [-0.15, -0.1) is 0 Å². The van der Waals surface area contributed by atoms with E-state index in [9.17, 15) is 4.79 Å². The summed E-state index contributed by atoms with van der Waals surface area (Å²) in [5.74, 6) is 2.10. The van der Waals surface area contributed by atoms with E-state index < -0.39 is 0 Å². The highest BCUT2D eigenvalue weighted by molar-refractivity contribution is 5.91. The van der Waals surface area contributed by atoms with Crippen LogP contribution < -0.4 is 5.32 Å². The first-order chi connectivity index (χ1) is 11.2. The fourth-order valence-electron chi connectivity index (χ4n) is 2.18. The zero-order valence-electron chi connectivity index (χ0n) is 12.7. The minimum Gasteiger partial charge on any atom is -0.465 e. The molecule has 0 aromatic carbocycles. The first-order valence-corrected chi connectivity index (χ1v) is 7.28. The minimum absolute atomic E-state index is 0.165. The van der Waals surface area contributed by atoms with Gasteiger partial charge in [-0.2, -0.15) is 0 Å². The number of carbonyl (C=O) groups is 1. The van der Waals surface area contributed by atoms with Crippen LogP contribution in [0.15, 0.2) is 57.9 Å². The third kappa shape index (κ3) is 3.79. The third-order valence-corrected chi connectivity index (χ3v) is 3.34. The first kappa shape index (κ1) is 14.9. The second kappa shape index (κ2) is 6.83. The van der Waals surface area contributed by atoms with Crippen LogP contribution in [0, 0.1) is 0 Å². The van der Waals surface area contributed by atoms with E-state index in [1.54, 1.807) is 30.7 Å². The zero-order valence-corrected chi connectivity index (χ0v) is 12.7. The van der Waals surface area contributed by atoms with Crippen molar-refractivity contribution in [2.75, 3.05) is 6.54 Å². The van der Waals surface area contributed by atoms with Crippen molar-refractivity contribution in [3.05, 3.63) is 60.6 Å². The maximum atomic E-state index is 11.7. The van der Waals surface area contributed by atoms with Crippen molar-refractivity contribution in [1.82, 2.24) is 14.9 Å². The van der Waals surface area contributed by atoms with Gasteiger partial charge in [-0.3, -0.25) is 4.79 Å². The summed E-state index contributed by atoms with van der Waals surface area (Å²) in [6.45, 7) is 0.504. The van der Waals surface area contributed by atoms with Crippen LogP contribution in [0.4, 0.5) is 0 Å². The Hall–Kier alpha value is -3.02. The lowest BCUT2D eigenvalue weighted by Gasteiger charge is -2.02. The molecule has 3 rings (SSSR count). The van der Waals surface area contributed by atoms with E-state index in [-0.39, 0.29) is 5.91 Å². The maximum Gasteiger partial charge on any atom is 0.244 e. The average Bonchev–Trinajstić information content (AvgIpc) is 3.28. The van der Waals surface area contributed by atoms with Crippen molar-refractivity contribution in [3.63, 3.8) is 0 Å². The Labute approximate surface area is 133 Å². The summed E-state index contributed by atoms with van der Waals surface area (Å²) in [7, 11) is 1.92. The highest BCUT2D eigenvalue weighted by Gasteiger charge is 2.09. The summed E-state index contributed by atoms with van der Waals surface area (Å²) >= 11 is 0. The summed E-state index contributed by atoms with van der Waals surface area (Å²) in [4.78, 5) is 16.2. The topological polar surface area (TPSA) is 73.2 Å². The number of furan rings is 2. The number of carbonyl (C=O) groups excluding carboxylic acids is 1. The maximum absolute atomic E-state index is 11.7. The van der Waals surface area contributed by atoms with Crippen LogP contribution in [0.1, 0.15) is 11.6 Å². The average molecular weight is 311 g/mol. The van der Waals surface area contributed by atoms with Gasteiger partial charge in [-0.05, 0) is 30.3 Å². The van der Waals surface area contributed by atoms with Gasteiger partial charge in [-0.25, -0.2) is 4.98 Å². The Kier molecular flexibility index (Phi) is 4.42. The molecule has 0 aliphatic rings. The van der Waals surface area contributed by atoms with E-state index >= 15 is 0 Å². The van der Waals surface area contributed by atoms with Gasteiger partial charge in [0.15, 0.2) is 5.76 Å². The van der Waals surface area contributed by atoms with Crippen LogP contribution in [0.2, 0.25) is 0 Å². The summed E-state index contributed by atoms with van der Waals surface area (Å²) in [5, 5.41) is 2.82. The molecule has 0 saturated heterocycles. The Morgan fingerprint density at radius 2 is 2.13 bits per heavy atom. The molecule has 0 bridgehead atoms. The molecule has 0 radical (unpaired) electrons. The molecule has 23 heavy (non-hydrogen) atoms. The third-order valence-electron chi connectivity index (χ3n) is 3.34. The van der Waals surface area contributed by atoms with Gasteiger partial charge >= 0.3 is 0 Å². The predicted molar refractivity (Wildman–Crippen MR) is 85.4 cm³/mol. The molecule has 0 fully saturated rings. The number of hydrogen-bond acceptors (Lipinski definition) is 4. The number of hydrogen-bond donors (Lipinski definition) is 1. The lowest BCUT2D eigenvalue weighted by molar-refractivity contribution is -0.116. The van der Waals surface area contributed by atoms with Gasteiger partial charge < -0.3 is 18.7 Å². The Morgan fingerprint density at radius 3 is 2.87 bits per heavy atom. The van der Waals surface area contributed by atoms with E-state index in [1.165, 1.54) is 6.08 Å². The predicted octanol–water partition coefficient (Wildman–Crippen LogP) is 2.65. The number of aromatic nitrogens is 2. The fourth-order valence-corrected chi connectivity index (χ4v) is 2.18. The van der Waals surface area contributed by atoms with Gasteiger partial charge in [0.2, 0.25) is 5.91 Å². The molecule has 3 aromatic rings. The lowest BCUT2D eigenvalue weighted by atomic mass is 10.3. The molecular formula is C17H17N3O3. The summed E-state index contributed by atoms with van der Waals surface area (Å²) in [6.07, 6.45) is 8.81. The van der Waals surface area contributed by atoms with E-state index in [1.807, 2.05) is 29.9 Å². The normalized spacial score (nSPS) is 11.2. The molecule has 1 N–H and O–H groups in total. The molecular weight excluding hydrogens is 294 g/mol. The van der Waals surface area contributed by atoms with E-state index in [4.69, 9.17) is 8.83 Å². The molecule has 0 atom stereocenters. The summed E-state index contributed by atoms with van der Waals surface area (Å²) in [6, 6.07) is 7.26. The van der Waals surface area contributed by atoms with E-state index in [0.29, 0.717) is 18.7 Å². The molecule has 0 unspecified atom stereocenters. The van der Waals surface area contributed by atoms with Crippen LogP contribution >= 0.6 is 0 Å². The highest BCUT2D eigenvalue weighted by Crippen LogP contribution is 2.18. The van der Waals surface area contributed by atoms with Crippen LogP contribution in [0.3, 0.4) is 0 Å². The lowest BCUT2D eigenvalue weighted by Crippen LogP contribution is -2.24. The Balaban J connectivity index is 1.52. The molecule has 0 aliphatic carbocycles. The summed E-state index contributed by atoms with van der Waals surface area (Å²) in [5.41, 5.74) is 0.788. The molecule has 118 valence electrons. The van der Waals surface area contributed by atoms with E-state index in [0.717, 1.165) is 17.3 Å². The standard InChI is InChI=1S/C17H17N3O3/c1-20-12-14(15-5-3-11-23-15)19-16(20)8-9-18-17(21)7-6-13-4-2-10-22-13/h2-7,10-12H,8-9H2,1H3,(H,18,21). The van der Waals surface area contributed by atoms with Gasteiger partial charge in [-0.1, -0.05) is 0 Å². The Morgan fingerprint density at radius 1 is 1.30 bits per heavy atom. The number of imidazole rings is 1. The number of amides is 1. The number of rotatable bonds is 6. The van der Waals surface area contributed by atoms with Gasteiger partial charge in [0.25, 0.3) is 0 Å². The highest BCUT2D eigenvalue weighted by atomic mass is 16.3. The molecule has 3 heterocycles. The van der Waals surface area contributed by atoms with Crippen molar-refractivity contribution < 1.29 is 13.6 Å². The largest absolute Gasteiger partial charge is 0.465 e. The second-order valence-corrected chi connectivity index (χ2v) is 5.02. The van der Waals surface area contributed by atoms with Crippen molar-refractivity contribution in [2.45, 2.75) is 6.42 Å². The molecule has 0 aliphatic heterocycles. The quantitative estimate of drug-likeness (QED) is 0.710. The Bertz CT molecular complexity index is 783. The molecule has 0 spiro atoms. The first-order valence-electron chi connectivity index (χ1n) is 7.28. The SMILES string of the molecule is Cn1cc(-c2ccco2)nc1CCNC(=O)C=Cc1ccco1. The fraction of sp³-hybridized carbons (Fsp3) is 0.176. The second-order valence-electron chi connectivity index (χ2n) is 5.02. The van der Waals surface area contributed by atoms with Gasteiger partial charge in [0, 0.05) is 32.3 Å².